The zero-order valence-electron chi connectivity index (χ0n) is 20.6. The van der Waals surface area contributed by atoms with Gasteiger partial charge < -0.3 is 20.4 Å². The number of benzene rings is 2. The van der Waals surface area contributed by atoms with Gasteiger partial charge in [0, 0.05) is 18.5 Å². The van der Waals surface area contributed by atoms with Crippen LogP contribution in [0.25, 0.3) is 0 Å². The van der Waals surface area contributed by atoms with Gasteiger partial charge in [-0.25, -0.2) is 0 Å². The molecule has 3 atom stereocenters. The molecule has 1 saturated carbocycles. The number of unbranched alkanes of at least 4 members (excludes halogenated alkanes) is 1. The number of carbonyl (C=O) groups excluding carboxylic acids is 2. The Bertz CT molecular complexity index is 1110. The summed E-state index contributed by atoms with van der Waals surface area (Å²) in [6.07, 6.45) is 4.97. The Kier molecular flexibility index (Phi) is 8.37. The summed E-state index contributed by atoms with van der Waals surface area (Å²) in [6.45, 7) is 5.40. The minimum Gasteiger partial charge on any atom is -0.459 e. The Morgan fingerprint density at radius 2 is 1.86 bits per heavy atom. The van der Waals surface area contributed by atoms with E-state index in [4.69, 9.17) is 4.42 Å². The van der Waals surface area contributed by atoms with Gasteiger partial charge in [-0.1, -0.05) is 54.1 Å². The number of rotatable bonds is 12. The number of hydrogen-bond donors (Lipinski definition) is 3. The quantitative estimate of drug-likeness (QED) is 0.335. The molecular formula is C29H35N3O3. The number of aryl methyl sites for hydroxylation is 2. The van der Waals surface area contributed by atoms with E-state index in [1.54, 1.807) is 12.1 Å². The Morgan fingerprint density at radius 3 is 2.63 bits per heavy atom. The van der Waals surface area contributed by atoms with Crippen LogP contribution in [0.1, 0.15) is 64.4 Å². The van der Waals surface area contributed by atoms with Crippen LogP contribution in [0, 0.1) is 13.8 Å². The summed E-state index contributed by atoms with van der Waals surface area (Å²) in [5.41, 5.74) is 4.76. The monoisotopic (exact) mass is 473 g/mol. The molecule has 3 N–H and O–H groups in total. The fourth-order valence-corrected chi connectivity index (χ4v) is 4.45. The highest BCUT2D eigenvalue weighted by Crippen LogP contribution is 2.40. The van der Waals surface area contributed by atoms with Crippen LogP contribution < -0.4 is 16.0 Å². The Morgan fingerprint density at radius 1 is 1.03 bits per heavy atom. The van der Waals surface area contributed by atoms with Gasteiger partial charge in [-0.3, -0.25) is 9.59 Å². The van der Waals surface area contributed by atoms with Crippen molar-refractivity contribution in [1.29, 1.82) is 0 Å². The van der Waals surface area contributed by atoms with Crippen molar-refractivity contribution in [3.05, 3.63) is 94.9 Å². The van der Waals surface area contributed by atoms with Crippen LogP contribution in [0.2, 0.25) is 0 Å². The van der Waals surface area contributed by atoms with E-state index in [2.05, 4.69) is 58.4 Å². The number of nitrogens with one attached hydrogen (secondary N) is 3. The van der Waals surface area contributed by atoms with Crippen LogP contribution in [-0.4, -0.2) is 30.4 Å². The largest absolute Gasteiger partial charge is 0.459 e. The number of hydrogen-bond acceptors (Lipinski definition) is 4. The Hall–Kier alpha value is -3.38. The van der Waals surface area contributed by atoms with Crippen LogP contribution in [0.4, 0.5) is 0 Å². The third kappa shape index (κ3) is 7.06. The highest BCUT2D eigenvalue weighted by molar-refractivity contribution is 5.95. The second kappa shape index (κ2) is 11.8. The summed E-state index contributed by atoms with van der Waals surface area (Å²) in [7, 11) is 0. The van der Waals surface area contributed by atoms with Crippen LogP contribution in [-0.2, 0) is 11.3 Å². The highest BCUT2D eigenvalue weighted by Gasteiger charge is 2.37. The topological polar surface area (TPSA) is 83.4 Å². The zero-order valence-corrected chi connectivity index (χ0v) is 20.6. The average molecular weight is 474 g/mol. The highest BCUT2D eigenvalue weighted by atomic mass is 16.3. The van der Waals surface area contributed by atoms with E-state index >= 15 is 0 Å². The maximum absolute atomic E-state index is 13.0. The Balaban J connectivity index is 1.25. The van der Waals surface area contributed by atoms with Crippen molar-refractivity contribution in [2.75, 3.05) is 6.54 Å². The lowest BCUT2D eigenvalue weighted by atomic mass is 10.0. The van der Waals surface area contributed by atoms with Crippen molar-refractivity contribution in [1.82, 2.24) is 16.0 Å². The van der Waals surface area contributed by atoms with Gasteiger partial charge in [0.2, 0.25) is 5.91 Å². The number of carbonyl (C=O) groups is 2. The third-order valence-corrected chi connectivity index (χ3v) is 6.67. The SMILES string of the molecule is Cc1ccc(C)c(CNC(=O)C(CCCCNC2CC2c2ccccc2)NC(=O)c2ccco2)c1. The predicted molar refractivity (Wildman–Crippen MR) is 137 cm³/mol. The first-order chi connectivity index (χ1) is 17.0. The van der Waals surface area contributed by atoms with Crippen molar-refractivity contribution >= 4 is 11.8 Å². The van der Waals surface area contributed by atoms with Gasteiger partial charge >= 0.3 is 0 Å². The summed E-state index contributed by atoms with van der Waals surface area (Å²) >= 11 is 0. The van der Waals surface area contributed by atoms with E-state index in [1.165, 1.54) is 18.2 Å². The molecule has 1 aromatic heterocycles. The molecule has 3 unspecified atom stereocenters. The molecule has 0 saturated heterocycles. The molecule has 0 spiro atoms. The van der Waals surface area contributed by atoms with Crippen LogP contribution in [0.3, 0.4) is 0 Å². The first-order valence-electron chi connectivity index (χ1n) is 12.5. The minimum absolute atomic E-state index is 0.176. The molecule has 1 aliphatic rings. The summed E-state index contributed by atoms with van der Waals surface area (Å²) in [5, 5.41) is 9.49. The van der Waals surface area contributed by atoms with E-state index in [1.807, 2.05) is 19.9 Å². The fraction of sp³-hybridized carbons (Fsp3) is 0.379. The molecule has 35 heavy (non-hydrogen) atoms. The molecule has 1 aliphatic carbocycles. The van der Waals surface area contributed by atoms with Gasteiger partial charge in [0.15, 0.2) is 5.76 Å². The summed E-state index contributed by atoms with van der Waals surface area (Å²) < 4.78 is 5.20. The normalized spacial score (nSPS) is 17.5. The lowest BCUT2D eigenvalue weighted by Gasteiger charge is -2.19. The molecule has 3 aromatic rings. The average Bonchev–Trinajstić information content (AvgIpc) is 3.42. The van der Waals surface area contributed by atoms with Crippen molar-refractivity contribution < 1.29 is 14.0 Å². The smallest absolute Gasteiger partial charge is 0.287 e. The lowest BCUT2D eigenvalue weighted by molar-refractivity contribution is -0.123. The molecule has 1 heterocycles. The molecule has 0 radical (unpaired) electrons. The molecule has 4 rings (SSSR count). The lowest BCUT2D eigenvalue weighted by Crippen LogP contribution is -2.46. The van der Waals surface area contributed by atoms with Gasteiger partial charge in [-0.15, -0.1) is 0 Å². The minimum atomic E-state index is -0.615. The molecule has 6 heteroatoms. The maximum Gasteiger partial charge on any atom is 0.287 e. The first kappa shape index (κ1) is 24.7. The standard InChI is InChI=1S/C29H35N3O3/c1-20-13-14-21(2)23(17-20)19-31-28(33)25(32-29(34)27-12-8-16-35-27)11-6-7-15-30-26-18-24(26)22-9-4-3-5-10-22/h3-5,8-10,12-14,16-17,24-26,30H,6-7,11,15,18-19H2,1-2H3,(H,31,33)(H,32,34). The molecule has 0 aliphatic heterocycles. The van der Waals surface area contributed by atoms with E-state index in [0.29, 0.717) is 24.9 Å². The van der Waals surface area contributed by atoms with Crippen LogP contribution in [0.5, 0.6) is 0 Å². The van der Waals surface area contributed by atoms with Gasteiger partial charge in [0.05, 0.1) is 6.26 Å². The van der Waals surface area contributed by atoms with Crippen molar-refractivity contribution in [2.24, 2.45) is 0 Å². The fourth-order valence-electron chi connectivity index (χ4n) is 4.45. The maximum atomic E-state index is 13.0. The van der Waals surface area contributed by atoms with Gasteiger partial charge in [-0.05, 0) is 74.9 Å². The van der Waals surface area contributed by atoms with E-state index in [0.717, 1.165) is 36.1 Å². The molecule has 0 bridgehead atoms. The molecule has 184 valence electrons. The number of amides is 2. The molecule has 1 fully saturated rings. The predicted octanol–water partition coefficient (Wildman–Crippen LogP) is 4.63. The van der Waals surface area contributed by atoms with Crippen LogP contribution in [0.15, 0.2) is 71.3 Å². The van der Waals surface area contributed by atoms with E-state index in [-0.39, 0.29) is 17.6 Å². The Labute approximate surface area is 207 Å². The van der Waals surface area contributed by atoms with E-state index in [9.17, 15) is 9.59 Å². The van der Waals surface area contributed by atoms with Crippen LogP contribution >= 0.6 is 0 Å². The summed E-state index contributed by atoms with van der Waals surface area (Å²) in [6, 6.07) is 20.0. The number of furan rings is 1. The zero-order chi connectivity index (χ0) is 24.6. The van der Waals surface area contributed by atoms with Crippen molar-refractivity contribution in [3.63, 3.8) is 0 Å². The molecule has 6 nitrogen and oxygen atoms in total. The van der Waals surface area contributed by atoms with E-state index < -0.39 is 6.04 Å². The van der Waals surface area contributed by atoms with Crippen molar-refractivity contribution in [2.45, 2.75) is 64.1 Å². The summed E-state index contributed by atoms with van der Waals surface area (Å²) in [5.74, 6) is 0.265. The third-order valence-electron chi connectivity index (χ3n) is 6.67. The molecular weight excluding hydrogens is 438 g/mol. The van der Waals surface area contributed by atoms with Crippen molar-refractivity contribution in [3.8, 4) is 0 Å². The second-order valence-corrected chi connectivity index (χ2v) is 9.46. The molecule has 2 amide bonds. The first-order valence-corrected chi connectivity index (χ1v) is 12.5. The van der Waals surface area contributed by atoms with Gasteiger partial charge in [-0.2, -0.15) is 0 Å². The van der Waals surface area contributed by atoms with Gasteiger partial charge in [0.1, 0.15) is 6.04 Å². The van der Waals surface area contributed by atoms with Gasteiger partial charge in [0.25, 0.3) is 5.91 Å². The molecule has 2 aromatic carbocycles. The second-order valence-electron chi connectivity index (χ2n) is 9.46. The summed E-state index contributed by atoms with van der Waals surface area (Å²) in [4.78, 5) is 25.6.